The number of aromatic nitrogens is 3. The van der Waals surface area contributed by atoms with Gasteiger partial charge < -0.3 is 19.1 Å². The molecular weight excluding hydrogens is 431 g/mol. The quantitative estimate of drug-likeness (QED) is 0.470. The standard InChI is InChI=1S/C26H27FN6O/c27-20-7-9-21(10-8-20)30-14-16-31(17-15-30)26(34)19-4-2-12-32(18-19)25-23-6-3-13-33(23)22-5-1-11-28-24(22)29-25/h1,3,5-11,13,19H,2,4,12,14-18H2/t19-/m1/s1. The lowest BCUT2D eigenvalue weighted by molar-refractivity contribution is -0.136. The average molecular weight is 459 g/mol. The van der Waals surface area contributed by atoms with Gasteiger partial charge in [0, 0.05) is 57.3 Å². The van der Waals surface area contributed by atoms with Crippen molar-refractivity contribution in [2.24, 2.45) is 5.92 Å². The Balaban J connectivity index is 1.17. The van der Waals surface area contributed by atoms with Crippen LogP contribution < -0.4 is 9.80 Å². The Hall–Kier alpha value is -3.68. The number of piperazine rings is 1. The van der Waals surface area contributed by atoms with E-state index in [1.807, 2.05) is 29.3 Å². The second kappa shape index (κ2) is 8.59. The Morgan fingerprint density at radius 2 is 1.71 bits per heavy atom. The minimum absolute atomic E-state index is 0.0395. The molecule has 1 amide bonds. The summed E-state index contributed by atoms with van der Waals surface area (Å²) in [6.07, 6.45) is 5.66. The van der Waals surface area contributed by atoms with Gasteiger partial charge in [-0.15, -0.1) is 0 Å². The first-order chi connectivity index (χ1) is 16.7. The lowest BCUT2D eigenvalue weighted by atomic mass is 9.96. The summed E-state index contributed by atoms with van der Waals surface area (Å²) in [7, 11) is 0. The molecule has 2 saturated heterocycles. The summed E-state index contributed by atoms with van der Waals surface area (Å²) >= 11 is 0. The van der Waals surface area contributed by atoms with Gasteiger partial charge in [-0.2, -0.15) is 0 Å². The topological polar surface area (TPSA) is 57.0 Å². The van der Waals surface area contributed by atoms with Crippen molar-refractivity contribution in [2.45, 2.75) is 12.8 Å². The molecule has 0 N–H and O–H groups in total. The largest absolute Gasteiger partial charge is 0.368 e. The van der Waals surface area contributed by atoms with Crippen molar-refractivity contribution in [1.82, 2.24) is 19.3 Å². The van der Waals surface area contributed by atoms with Crippen molar-refractivity contribution in [3.63, 3.8) is 0 Å². The van der Waals surface area contributed by atoms with Crippen LogP contribution in [-0.2, 0) is 4.79 Å². The number of hydrogen-bond donors (Lipinski definition) is 0. The third-order valence-corrected chi connectivity index (χ3v) is 7.07. The van der Waals surface area contributed by atoms with Gasteiger partial charge in [-0.1, -0.05) is 0 Å². The van der Waals surface area contributed by atoms with E-state index in [1.165, 1.54) is 12.1 Å². The molecule has 34 heavy (non-hydrogen) atoms. The molecule has 0 aliphatic carbocycles. The van der Waals surface area contributed by atoms with E-state index in [4.69, 9.17) is 4.98 Å². The number of carbonyl (C=O) groups excluding carboxylic acids is 1. The molecule has 0 saturated carbocycles. The Bertz CT molecular complexity index is 1330. The van der Waals surface area contributed by atoms with Crippen molar-refractivity contribution >= 4 is 34.1 Å². The molecule has 4 aromatic rings. The molecule has 1 aromatic carbocycles. The van der Waals surface area contributed by atoms with Crippen molar-refractivity contribution in [1.29, 1.82) is 0 Å². The van der Waals surface area contributed by atoms with E-state index in [-0.39, 0.29) is 17.6 Å². The van der Waals surface area contributed by atoms with Crippen LogP contribution in [0.2, 0.25) is 0 Å². The molecule has 5 heterocycles. The highest BCUT2D eigenvalue weighted by Crippen LogP contribution is 2.29. The number of benzene rings is 1. The maximum absolute atomic E-state index is 13.4. The molecule has 7 nitrogen and oxygen atoms in total. The highest BCUT2D eigenvalue weighted by atomic mass is 19.1. The van der Waals surface area contributed by atoms with E-state index in [0.717, 1.165) is 55.0 Å². The number of hydrogen-bond acceptors (Lipinski definition) is 5. The first-order valence-electron chi connectivity index (χ1n) is 11.9. The molecule has 1 atom stereocenters. The minimum atomic E-state index is -0.228. The molecule has 0 spiro atoms. The van der Waals surface area contributed by atoms with E-state index in [1.54, 1.807) is 18.3 Å². The predicted octanol–water partition coefficient (Wildman–Crippen LogP) is 3.59. The Kier molecular flexibility index (Phi) is 5.28. The van der Waals surface area contributed by atoms with Gasteiger partial charge >= 0.3 is 0 Å². The molecular formula is C26H27FN6O. The fourth-order valence-electron chi connectivity index (χ4n) is 5.29. The van der Waals surface area contributed by atoms with Crippen LogP contribution in [0.4, 0.5) is 15.9 Å². The normalized spacial score (nSPS) is 19.2. The van der Waals surface area contributed by atoms with Gasteiger partial charge in [0.2, 0.25) is 5.91 Å². The van der Waals surface area contributed by atoms with E-state index in [9.17, 15) is 9.18 Å². The highest BCUT2D eigenvalue weighted by molar-refractivity contribution is 5.84. The van der Waals surface area contributed by atoms with Gasteiger partial charge in [0.05, 0.1) is 17.0 Å². The van der Waals surface area contributed by atoms with E-state index < -0.39 is 0 Å². The zero-order chi connectivity index (χ0) is 23.1. The summed E-state index contributed by atoms with van der Waals surface area (Å²) in [5.74, 6) is 0.861. The van der Waals surface area contributed by atoms with Crippen molar-refractivity contribution in [3.05, 3.63) is 66.7 Å². The Morgan fingerprint density at radius 1 is 0.912 bits per heavy atom. The van der Waals surface area contributed by atoms with Crippen LogP contribution in [0.1, 0.15) is 12.8 Å². The van der Waals surface area contributed by atoms with Gasteiger partial charge in [0.15, 0.2) is 11.5 Å². The summed E-state index contributed by atoms with van der Waals surface area (Å²) in [5.41, 5.74) is 3.74. The predicted molar refractivity (Wildman–Crippen MR) is 131 cm³/mol. The zero-order valence-corrected chi connectivity index (χ0v) is 19.0. The van der Waals surface area contributed by atoms with Gasteiger partial charge in [-0.3, -0.25) is 4.79 Å². The Labute approximate surface area is 197 Å². The summed E-state index contributed by atoms with van der Waals surface area (Å²) < 4.78 is 15.4. The molecule has 2 aliphatic rings. The van der Waals surface area contributed by atoms with Crippen LogP contribution in [0, 0.1) is 11.7 Å². The van der Waals surface area contributed by atoms with Gasteiger partial charge in [-0.05, 0) is 61.4 Å². The van der Waals surface area contributed by atoms with Gasteiger partial charge in [0.1, 0.15) is 5.82 Å². The smallest absolute Gasteiger partial charge is 0.227 e. The molecule has 0 bridgehead atoms. The number of nitrogens with zero attached hydrogens (tertiary/aromatic N) is 6. The molecule has 0 radical (unpaired) electrons. The summed E-state index contributed by atoms with van der Waals surface area (Å²) in [4.78, 5) is 29.3. The van der Waals surface area contributed by atoms with Crippen molar-refractivity contribution in [2.75, 3.05) is 49.1 Å². The second-order valence-electron chi connectivity index (χ2n) is 9.12. The van der Waals surface area contributed by atoms with Gasteiger partial charge in [0.25, 0.3) is 0 Å². The first kappa shape index (κ1) is 20.9. The summed E-state index contributed by atoms with van der Waals surface area (Å²) in [6, 6.07) is 14.6. The third-order valence-electron chi connectivity index (χ3n) is 7.07. The number of halogens is 1. The second-order valence-corrected chi connectivity index (χ2v) is 9.12. The van der Waals surface area contributed by atoms with E-state index in [0.29, 0.717) is 25.3 Å². The van der Waals surface area contributed by atoms with Crippen molar-refractivity contribution in [3.8, 4) is 0 Å². The fraction of sp³-hybridized carbons (Fsp3) is 0.346. The number of carbonyl (C=O) groups is 1. The molecule has 3 aromatic heterocycles. The van der Waals surface area contributed by atoms with Crippen LogP contribution in [0.15, 0.2) is 60.9 Å². The summed E-state index contributed by atoms with van der Waals surface area (Å²) in [6.45, 7) is 4.45. The Morgan fingerprint density at radius 3 is 2.53 bits per heavy atom. The highest BCUT2D eigenvalue weighted by Gasteiger charge is 2.32. The fourth-order valence-corrected chi connectivity index (χ4v) is 5.29. The third kappa shape index (κ3) is 3.73. The number of amides is 1. The molecule has 6 rings (SSSR count). The minimum Gasteiger partial charge on any atom is -0.368 e. The number of rotatable bonds is 3. The molecule has 174 valence electrons. The summed E-state index contributed by atoms with van der Waals surface area (Å²) in [5, 5.41) is 0. The molecule has 2 fully saturated rings. The zero-order valence-electron chi connectivity index (χ0n) is 19.0. The molecule has 0 unspecified atom stereocenters. The average Bonchev–Trinajstić information content (AvgIpc) is 3.39. The maximum Gasteiger partial charge on any atom is 0.227 e. The number of fused-ring (bicyclic) bond motifs is 3. The number of anilines is 2. The maximum atomic E-state index is 13.4. The van der Waals surface area contributed by atoms with E-state index >= 15 is 0 Å². The lowest BCUT2D eigenvalue weighted by Crippen LogP contribution is -2.52. The van der Waals surface area contributed by atoms with Crippen LogP contribution in [0.3, 0.4) is 0 Å². The lowest BCUT2D eigenvalue weighted by Gasteiger charge is -2.40. The SMILES string of the molecule is O=C([C@@H]1CCCN(c2nc3ncccc3n3cccc23)C1)N1CCN(c2ccc(F)cc2)CC1. The monoisotopic (exact) mass is 458 g/mol. The molecule has 8 heteroatoms. The molecule has 2 aliphatic heterocycles. The van der Waals surface area contributed by atoms with Crippen molar-refractivity contribution < 1.29 is 9.18 Å². The van der Waals surface area contributed by atoms with Crippen LogP contribution >= 0.6 is 0 Å². The number of piperidine rings is 1. The van der Waals surface area contributed by atoms with Gasteiger partial charge in [-0.25, -0.2) is 14.4 Å². The van der Waals surface area contributed by atoms with Crippen LogP contribution in [0.25, 0.3) is 16.7 Å². The number of pyridine rings is 1. The first-order valence-corrected chi connectivity index (χ1v) is 11.9. The van der Waals surface area contributed by atoms with Crippen LogP contribution in [0.5, 0.6) is 0 Å². The van der Waals surface area contributed by atoms with E-state index in [2.05, 4.69) is 25.3 Å². The van der Waals surface area contributed by atoms with Crippen LogP contribution in [-0.4, -0.2) is 64.4 Å².